The fourth-order valence-corrected chi connectivity index (χ4v) is 2.44. The maximum Gasteiger partial charge on any atom is 0.257 e. The molecule has 6 nitrogen and oxygen atoms in total. The summed E-state index contributed by atoms with van der Waals surface area (Å²) in [6, 6.07) is 11.1. The standard InChI is InChI=1S/C20H25NO5/c1-14-6-8-15(9-7-14)26-11-10-21(2)20(22)16-12-18(24-4)19(25-5)13-17(16)23-3/h6-9,12-13H,10-11H2,1-5H3. The maximum absolute atomic E-state index is 12.8. The Morgan fingerprint density at radius 3 is 2.08 bits per heavy atom. The van der Waals surface area contributed by atoms with E-state index < -0.39 is 0 Å². The van der Waals surface area contributed by atoms with Crippen molar-refractivity contribution in [2.75, 3.05) is 41.5 Å². The molecule has 2 aromatic carbocycles. The first-order valence-electron chi connectivity index (χ1n) is 8.25. The molecule has 6 heteroatoms. The van der Waals surface area contributed by atoms with Gasteiger partial charge in [0, 0.05) is 19.2 Å². The first-order chi connectivity index (χ1) is 12.5. The minimum atomic E-state index is -0.185. The summed E-state index contributed by atoms with van der Waals surface area (Å²) in [5.41, 5.74) is 1.58. The first kappa shape index (κ1) is 19.4. The number of nitrogens with zero attached hydrogens (tertiary/aromatic N) is 1. The third-order valence-electron chi connectivity index (χ3n) is 4.00. The van der Waals surface area contributed by atoms with E-state index in [1.807, 2.05) is 31.2 Å². The Bertz CT molecular complexity index is 743. The second-order valence-corrected chi connectivity index (χ2v) is 5.80. The van der Waals surface area contributed by atoms with Crippen LogP contribution < -0.4 is 18.9 Å². The third-order valence-corrected chi connectivity index (χ3v) is 4.00. The molecule has 0 aliphatic carbocycles. The lowest BCUT2D eigenvalue weighted by Gasteiger charge is -2.20. The zero-order valence-corrected chi connectivity index (χ0v) is 15.9. The molecule has 0 atom stereocenters. The molecular weight excluding hydrogens is 334 g/mol. The quantitative estimate of drug-likeness (QED) is 0.725. The number of likely N-dealkylation sites (N-methyl/N-ethyl adjacent to an activating group) is 1. The van der Waals surface area contributed by atoms with Crippen LogP contribution in [0, 0.1) is 6.92 Å². The van der Waals surface area contributed by atoms with Crippen LogP contribution in [0.1, 0.15) is 15.9 Å². The summed E-state index contributed by atoms with van der Waals surface area (Å²) in [5.74, 6) is 2.00. The molecule has 0 spiro atoms. The van der Waals surface area contributed by atoms with E-state index in [0.29, 0.717) is 36.0 Å². The molecule has 140 valence electrons. The lowest BCUT2D eigenvalue weighted by Crippen LogP contribution is -2.31. The van der Waals surface area contributed by atoms with Gasteiger partial charge in [-0.25, -0.2) is 0 Å². The number of carbonyl (C=O) groups excluding carboxylic acids is 1. The number of hydrogen-bond acceptors (Lipinski definition) is 5. The van der Waals surface area contributed by atoms with Crippen LogP contribution in [-0.4, -0.2) is 52.3 Å². The Morgan fingerprint density at radius 1 is 0.923 bits per heavy atom. The van der Waals surface area contributed by atoms with Crippen molar-refractivity contribution in [1.82, 2.24) is 4.90 Å². The van der Waals surface area contributed by atoms with Gasteiger partial charge < -0.3 is 23.8 Å². The first-order valence-corrected chi connectivity index (χ1v) is 8.25. The van der Waals surface area contributed by atoms with Gasteiger partial charge in [-0.05, 0) is 19.1 Å². The van der Waals surface area contributed by atoms with E-state index >= 15 is 0 Å². The molecule has 2 rings (SSSR count). The molecule has 0 unspecified atom stereocenters. The number of methoxy groups -OCH3 is 3. The van der Waals surface area contributed by atoms with Crippen molar-refractivity contribution in [3.63, 3.8) is 0 Å². The van der Waals surface area contributed by atoms with Crippen molar-refractivity contribution in [2.45, 2.75) is 6.92 Å². The van der Waals surface area contributed by atoms with Gasteiger partial charge in [-0.1, -0.05) is 17.7 Å². The molecule has 0 saturated carbocycles. The van der Waals surface area contributed by atoms with Gasteiger partial charge >= 0.3 is 0 Å². The SMILES string of the molecule is COc1cc(OC)c(C(=O)N(C)CCOc2ccc(C)cc2)cc1OC. The largest absolute Gasteiger partial charge is 0.496 e. The van der Waals surface area contributed by atoms with E-state index in [1.165, 1.54) is 26.9 Å². The molecule has 0 bridgehead atoms. The Morgan fingerprint density at radius 2 is 1.50 bits per heavy atom. The highest BCUT2D eigenvalue weighted by molar-refractivity contribution is 5.97. The van der Waals surface area contributed by atoms with E-state index in [0.717, 1.165) is 5.75 Å². The average Bonchev–Trinajstić information content (AvgIpc) is 2.67. The van der Waals surface area contributed by atoms with Crippen molar-refractivity contribution < 1.29 is 23.7 Å². The van der Waals surface area contributed by atoms with Gasteiger partial charge in [-0.3, -0.25) is 4.79 Å². The third kappa shape index (κ3) is 4.59. The summed E-state index contributed by atoms with van der Waals surface area (Å²) >= 11 is 0. The normalized spacial score (nSPS) is 10.2. The van der Waals surface area contributed by atoms with Crippen LogP contribution >= 0.6 is 0 Å². The molecule has 0 N–H and O–H groups in total. The number of aryl methyl sites for hydroxylation is 1. The summed E-state index contributed by atoms with van der Waals surface area (Å²) in [7, 11) is 6.29. The molecule has 26 heavy (non-hydrogen) atoms. The van der Waals surface area contributed by atoms with Crippen LogP contribution in [0.4, 0.5) is 0 Å². The van der Waals surface area contributed by atoms with Crippen molar-refractivity contribution in [3.05, 3.63) is 47.5 Å². The van der Waals surface area contributed by atoms with Gasteiger partial charge in [0.25, 0.3) is 5.91 Å². The zero-order valence-electron chi connectivity index (χ0n) is 15.9. The van der Waals surface area contributed by atoms with Crippen LogP contribution in [-0.2, 0) is 0 Å². The summed E-state index contributed by atoms with van der Waals surface area (Å²) < 4.78 is 21.5. The van der Waals surface area contributed by atoms with Gasteiger partial charge in [0.15, 0.2) is 11.5 Å². The monoisotopic (exact) mass is 359 g/mol. The minimum Gasteiger partial charge on any atom is -0.496 e. The van der Waals surface area contributed by atoms with Crippen molar-refractivity contribution in [2.24, 2.45) is 0 Å². The molecular formula is C20H25NO5. The zero-order chi connectivity index (χ0) is 19.1. The van der Waals surface area contributed by atoms with Crippen LogP contribution in [0.5, 0.6) is 23.0 Å². The number of amides is 1. The predicted molar refractivity (Wildman–Crippen MR) is 99.7 cm³/mol. The van der Waals surface area contributed by atoms with E-state index in [9.17, 15) is 4.79 Å². The molecule has 1 amide bonds. The molecule has 0 fully saturated rings. The molecule has 0 aromatic heterocycles. The van der Waals surface area contributed by atoms with Crippen molar-refractivity contribution in [1.29, 1.82) is 0 Å². The highest BCUT2D eigenvalue weighted by Crippen LogP contribution is 2.35. The molecule has 0 aliphatic heterocycles. The fourth-order valence-electron chi connectivity index (χ4n) is 2.44. The fraction of sp³-hybridized carbons (Fsp3) is 0.350. The second-order valence-electron chi connectivity index (χ2n) is 5.80. The molecule has 0 saturated heterocycles. The van der Waals surface area contributed by atoms with E-state index in [-0.39, 0.29) is 5.91 Å². The van der Waals surface area contributed by atoms with Crippen LogP contribution in [0.25, 0.3) is 0 Å². The summed E-state index contributed by atoms with van der Waals surface area (Å²) in [6.45, 7) is 2.85. The van der Waals surface area contributed by atoms with E-state index in [1.54, 1.807) is 24.1 Å². The maximum atomic E-state index is 12.8. The number of ether oxygens (including phenoxy) is 4. The van der Waals surface area contributed by atoms with Crippen LogP contribution in [0.2, 0.25) is 0 Å². The van der Waals surface area contributed by atoms with Gasteiger partial charge in [-0.15, -0.1) is 0 Å². The molecule has 0 radical (unpaired) electrons. The second kappa shape index (κ2) is 8.99. The Balaban J connectivity index is 2.05. The molecule has 0 aliphatic rings. The summed E-state index contributed by atoms with van der Waals surface area (Å²) in [4.78, 5) is 14.4. The molecule has 0 heterocycles. The van der Waals surface area contributed by atoms with Crippen molar-refractivity contribution >= 4 is 5.91 Å². The summed E-state index contributed by atoms with van der Waals surface area (Å²) in [5, 5.41) is 0. The smallest absolute Gasteiger partial charge is 0.257 e. The highest BCUT2D eigenvalue weighted by atomic mass is 16.5. The van der Waals surface area contributed by atoms with Crippen molar-refractivity contribution in [3.8, 4) is 23.0 Å². The topological polar surface area (TPSA) is 57.2 Å². The number of hydrogen-bond donors (Lipinski definition) is 0. The van der Waals surface area contributed by atoms with Gasteiger partial charge in [0.05, 0.1) is 33.4 Å². The highest BCUT2D eigenvalue weighted by Gasteiger charge is 2.20. The van der Waals surface area contributed by atoms with Gasteiger partial charge in [-0.2, -0.15) is 0 Å². The Labute approximate surface area is 154 Å². The minimum absolute atomic E-state index is 0.185. The van der Waals surface area contributed by atoms with E-state index in [4.69, 9.17) is 18.9 Å². The van der Waals surface area contributed by atoms with Crippen LogP contribution in [0.15, 0.2) is 36.4 Å². The lowest BCUT2D eigenvalue weighted by atomic mass is 10.1. The Hall–Kier alpha value is -2.89. The number of benzene rings is 2. The average molecular weight is 359 g/mol. The van der Waals surface area contributed by atoms with Gasteiger partial charge in [0.1, 0.15) is 18.1 Å². The Kier molecular flexibility index (Phi) is 6.72. The summed E-state index contributed by atoms with van der Waals surface area (Å²) in [6.07, 6.45) is 0. The van der Waals surface area contributed by atoms with Gasteiger partial charge in [0.2, 0.25) is 0 Å². The van der Waals surface area contributed by atoms with Crippen LogP contribution in [0.3, 0.4) is 0 Å². The van der Waals surface area contributed by atoms with E-state index in [2.05, 4.69) is 0 Å². The number of carbonyl (C=O) groups is 1. The molecule has 2 aromatic rings. The number of rotatable bonds is 8. The predicted octanol–water partition coefficient (Wildman–Crippen LogP) is 3.17. The lowest BCUT2D eigenvalue weighted by molar-refractivity contribution is 0.0770.